The number of hydrogen-bond donors (Lipinski definition) is 3. The zero-order chi connectivity index (χ0) is 8.65. The number of aliphatic hydroxyl groups is 3. The molecule has 1 fully saturated rings. The van der Waals surface area contributed by atoms with Crippen LogP contribution in [0.2, 0.25) is 0 Å². The summed E-state index contributed by atoms with van der Waals surface area (Å²) in [5, 5.41) is 26.9. The molecule has 11 heavy (non-hydrogen) atoms. The lowest BCUT2D eigenvalue weighted by atomic mass is 10.0. The molecular weight excluding hydrogens is 152 g/mol. The number of carbonyl (C=O) groups excluding carboxylic acids is 1. The van der Waals surface area contributed by atoms with Crippen molar-refractivity contribution in [1.29, 1.82) is 0 Å². The van der Waals surface area contributed by atoms with E-state index in [1.54, 1.807) is 0 Å². The molecule has 1 rings (SSSR count). The van der Waals surface area contributed by atoms with E-state index in [-0.39, 0.29) is 6.61 Å². The highest BCUT2D eigenvalue weighted by molar-refractivity contribution is 5.90. The van der Waals surface area contributed by atoms with Crippen LogP contribution in [0.15, 0.2) is 0 Å². The zero-order valence-electron chi connectivity index (χ0n) is 6.02. The minimum atomic E-state index is -1.96. The Bertz CT molecular complexity index is 176. The van der Waals surface area contributed by atoms with E-state index >= 15 is 0 Å². The maximum atomic E-state index is 10.9. The summed E-state index contributed by atoms with van der Waals surface area (Å²) in [6.45, 7) is 0.893. The van der Waals surface area contributed by atoms with Crippen LogP contribution in [0.1, 0.15) is 6.92 Å². The summed E-state index contributed by atoms with van der Waals surface area (Å²) < 4.78 is 4.56. The Balaban J connectivity index is 2.76. The first kappa shape index (κ1) is 8.61. The topological polar surface area (TPSA) is 87.0 Å². The first-order chi connectivity index (χ1) is 4.95. The molecule has 1 aliphatic rings. The van der Waals surface area contributed by atoms with Crippen molar-refractivity contribution in [2.24, 2.45) is 0 Å². The van der Waals surface area contributed by atoms with Gasteiger partial charge in [-0.05, 0) is 6.92 Å². The molecule has 0 saturated carbocycles. The van der Waals surface area contributed by atoms with Gasteiger partial charge in [0.2, 0.25) is 11.6 Å². The predicted molar refractivity (Wildman–Crippen MR) is 33.6 cm³/mol. The van der Waals surface area contributed by atoms with Crippen LogP contribution in [0.4, 0.5) is 0 Å². The van der Waals surface area contributed by atoms with Gasteiger partial charge in [0, 0.05) is 0 Å². The van der Waals surface area contributed by atoms with Crippen molar-refractivity contribution < 1.29 is 24.9 Å². The second kappa shape index (κ2) is 2.53. The summed E-state index contributed by atoms with van der Waals surface area (Å²) in [5.41, 5.74) is 0. The number of Topliss-reactive ketones (excluding diaryl/α,β-unsaturated/α-hetero) is 1. The summed E-state index contributed by atoms with van der Waals surface area (Å²) in [7, 11) is 0. The van der Waals surface area contributed by atoms with Gasteiger partial charge in [0.15, 0.2) is 0 Å². The Labute approximate surface area is 63.2 Å². The quantitative estimate of drug-likeness (QED) is 0.384. The lowest BCUT2D eigenvalue weighted by molar-refractivity contribution is -0.238. The van der Waals surface area contributed by atoms with Crippen LogP contribution in [0, 0.1) is 0 Å². The molecule has 0 spiro atoms. The minimum Gasteiger partial charge on any atom is -0.388 e. The van der Waals surface area contributed by atoms with Gasteiger partial charge in [0.05, 0.1) is 6.61 Å². The Hall–Kier alpha value is -0.490. The van der Waals surface area contributed by atoms with Gasteiger partial charge in [-0.3, -0.25) is 4.79 Å². The molecule has 0 aromatic carbocycles. The molecule has 5 heteroatoms. The standard InChI is InChI=1S/C6H10O5/c1-6(10)5(9)4(8)3(7)2-11-6/h3-4,7-8,10H,2H2,1H3/t3-,4-,6+/m1/s1. The third-order valence-corrected chi connectivity index (χ3v) is 1.63. The molecule has 1 aliphatic heterocycles. The van der Waals surface area contributed by atoms with Crippen LogP contribution in [-0.2, 0) is 9.53 Å². The Kier molecular flexibility index (Phi) is 1.98. The zero-order valence-corrected chi connectivity index (χ0v) is 6.02. The first-order valence-corrected chi connectivity index (χ1v) is 3.22. The van der Waals surface area contributed by atoms with Crippen LogP contribution >= 0.6 is 0 Å². The number of hydrogen-bond acceptors (Lipinski definition) is 5. The molecule has 1 saturated heterocycles. The summed E-state index contributed by atoms with van der Waals surface area (Å²) >= 11 is 0. The predicted octanol–water partition coefficient (Wildman–Crippen LogP) is -1.98. The van der Waals surface area contributed by atoms with Crippen LogP contribution in [-0.4, -0.2) is 45.7 Å². The highest BCUT2D eigenvalue weighted by atomic mass is 16.6. The summed E-state index contributed by atoms with van der Waals surface area (Å²) in [6.07, 6.45) is -2.78. The van der Waals surface area contributed by atoms with Gasteiger partial charge in [0.1, 0.15) is 12.2 Å². The largest absolute Gasteiger partial charge is 0.388 e. The van der Waals surface area contributed by atoms with Crippen LogP contribution in [0.3, 0.4) is 0 Å². The van der Waals surface area contributed by atoms with Crippen molar-refractivity contribution in [3.63, 3.8) is 0 Å². The van der Waals surface area contributed by atoms with E-state index in [1.807, 2.05) is 0 Å². The molecule has 3 atom stereocenters. The van der Waals surface area contributed by atoms with E-state index in [2.05, 4.69) is 4.74 Å². The fourth-order valence-corrected chi connectivity index (χ4v) is 0.859. The Morgan fingerprint density at radius 2 is 2.18 bits per heavy atom. The second-order valence-corrected chi connectivity index (χ2v) is 2.67. The van der Waals surface area contributed by atoms with Crippen molar-refractivity contribution in [3.8, 4) is 0 Å². The first-order valence-electron chi connectivity index (χ1n) is 3.22. The van der Waals surface area contributed by atoms with Crippen LogP contribution in [0.25, 0.3) is 0 Å². The Morgan fingerprint density at radius 3 is 2.64 bits per heavy atom. The fraction of sp³-hybridized carbons (Fsp3) is 0.833. The summed E-state index contributed by atoms with van der Waals surface area (Å²) in [6, 6.07) is 0. The molecule has 0 unspecified atom stereocenters. The maximum absolute atomic E-state index is 10.9. The third-order valence-electron chi connectivity index (χ3n) is 1.63. The van der Waals surface area contributed by atoms with Crippen molar-refractivity contribution in [1.82, 2.24) is 0 Å². The van der Waals surface area contributed by atoms with Crippen molar-refractivity contribution in [2.75, 3.05) is 6.61 Å². The SMILES string of the molecule is C[C@]1(O)OC[C@@H](O)[C@@H](O)C1=O. The summed E-state index contributed by atoms with van der Waals surface area (Å²) in [4.78, 5) is 10.9. The van der Waals surface area contributed by atoms with E-state index in [0.29, 0.717) is 0 Å². The normalized spacial score (nSPS) is 46.0. The van der Waals surface area contributed by atoms with Gasteiger partial charge in [-0.25, -0.2) is 0 Å². The lowest BCUT2D eigenvalue weighted by Crippen LogP contribution is -2.56. The molecular formula is C6H10O5. The number of aliphatic hydroxyl groups excluding tert-OH is 2. The lowest BCUT2D eigenvalue weighted by Gasteiger charge is -2.32. The van der Waals surface area contributed by atoms with Gasteiger partial charge in [0.25, 0.3) is 0 Å². The fourth-order valence-electron chi connectivity index (χ4n) is 0.859. The maximum Gasteiger partial charge on any atom is 0.226 e. The number of ether oxygens (including phenoxy) is 1. The molecule has 0 aliphatic carbocycles. The van der Waals surface area contributed by atoms with E-state index in [0.717, 1.165) is 6.92 Å². The van der Waals surface area contributed by atoms with Gasteiger partial charge < -0.3 is 20.1 Å². The highest BCUT2D eigenvalue weighted by Crippen LogP contribution is 2.18. The average Bonchev–Trinajstić information content (AvgIpc) is 1.95. The number of carbonyl (C=O) groups is 1. The third kappa shape index (κ3) is 1.41. The van der Waals surface area contributed by atoms with Gasteiger partial charge in [-0.1, -0.05) is 0 Å². The van der Waals surface area contributed by atoms with E-state index in [9.17, 15) is 4.79 Å². The molecule has 3 N–H and O–H groups in total. The average molecular weight is 162 g/mol. The van der Waals surface area contributed by atoms with Crippen molar-refractivity contribution >= 4 is 5.78 Å². The minimum absolute atomic E-state index is 0.236. The molecule has 0 radical (unpaired) electrons. The number of ketones is 1. The van der Waals surface area contributed by atoms with Gasteiger partial charge in [-0.15, -0.1) is 0 Å². The molecule has 1 heterocycles. The van der Waals surface area contributed by atoms with Gasteiger partial charge >= 0.3 is 0 Å². The second-order valence-electron chi connectivity index (χ2n) is 2.67. The molecule has 0 aromatic rings. The smallest absolute Gasteiger partial charge is 0.226 e. The van der Waals surface area contributed by atoms with Gasteiger partial charge in [-0.2, -0.15) is 0 Å². The molecule has 0 bridgehead atoms. The Morgan fingerprint density at radius 1 is 1.64 bits per heavy atom. The summed E-state index contributed by atoms with van der Waals surface area (Å²) in [5.74, 6) is -2.87. The van der Waals surface area contributed by atoms with Crippen molar-refractivity contribution in [2.45, 2.75) is 24.9 Å². The monoisotopic (exact) mass is 162 g/mol. The van der Waals surface area contributed by atoms with Crippen LogP contribution < -0.4 is 0 Å². The van der Waals surface area contributed by atoms with E-state index in [4.69, 9.17) is 15.3 Å². The van der Waals surface area contributed by atoms with Crippen molar-refractivity contribution in [3.05, 3.63) is 0 Å². The van der Waals surface area contributed by atoms with Crippen LogP contribution in [0.5, 0.6) is 0 Å². The highest BCUT2D eigenvalue weighted by Gasteiger charge is 2.44. The number of rotatable bonds is 0. The molecule has 0 amide bonds. The van der Waals surface area contributed by atoms with E-state index in [1.165, 1.54) is 0 Å². The van der Waals surface area contributed by atoms with E-state index < -0.39 is 23.8 Å². The molecule has 5 nitrogen and oxygen atoms in total. The molecule has 0 aromatic heterocycles. The molecule has 64 valence electrons.